The third kappa shape index (κ3) is 4.41. The van der Waals surface area contributed by atoms with Crippen LogP contribution in [0, 0.1) is 12.8 Å². The summed E-state index contributed by atoms with van der Waals surface area (Å²) in [6.07, 6.45) is -2.80. The van der Waals surface area contributed by atoms with Crippen molar-refractivity contribution in [3.05, 3.63) is 57.5 Å². The average molecular weight is 394 g/mol. The molecule has 0 saturated carbocycles. The van der Waals surface area contributed by atoms with Gasteiger partial charge < -0.3 is 10.6 Å². The van der Waals surface area contributed by atoms with Crippen molar-refractivity contribution in [2.75, 3.05) is 19.6 Å². The molecule has 0 radical (unpaired) electrons. The number of carbonyl (C=O) groups is 1. The Hall–Kier alpha value is -2.68. The Morgan fingerprint density at radius 2 is 2.11 bits per heavy atom. The fourth-order valence-corrected chi connectivity index (χ4v) is 3.28. The van der Waals surface area contributed by atoms with Crippen LogP contribution < -0.4 is 16.1 Å². The summed E-state index contributed by atoms with van der Waals surface area (Å²) in [5.74, 6) is -0.226. The summed E-state index contributed by atoms with van der Waals surface area (Å²) in [5.41, 5.74) is -1.98. The number of hydrogen-bond acceptors (Lipinski definition) is 4. The number of aryl methyl sites for hydroxylation is 1. The second-order valence-electron chi connectivity index (χ2n) is 6.83. The molecule has 0 bridgehead atoms. The van der Waals surface area contributed by atoms with Crippen molar-refractivity contribution in [3.63, 3.8) is 0 Å². The lowest BCUT2D eigenvalue weighted by Crippen LogP contribution is -2.33. The number of hydrogen-bond donors (Lipinski definition) is 2. The molecule has 6 nitrogen and oxygen atoms in total. The van der Waals surface area contributed by atoms with Crippen LogP contribution in [-0.2, 0) is 6.18 Å². The van der Waals surface area contributed by atoms with Gasteiger partial charge in [0, 0.05) is 18.3 Å². The zero-order valence-electron chi connectivity index (χ0n) is 15.3. The molecule has 1 aromatic heterocycles. The van der Waals surface area contributed by atoms with Crippen molar-refractivity contribution in [3.8, 4) is 5.69 Å². The fraction of sp³-hybridized carbons (Fsp3) is 0.421. The molecule has 1 amide bonds. The summed E-state index contributed by atoms with van der Waals surface area (Å²) in [7, 11) is 0. The summed E-state index contributed by atoms with van der Waals surface area (Å²) < 4.78 is 41.0. The van der Waals surface area contributed by atoms with E-state index < -0.39 is 28.8 Å². The zero-order chi connectivity index (χ0) is 20.3. The third-order valence-corrected chi connectivity index (χ3v) is 4.76. The number of nitrogens with zero attached hydrogens (tertiary/aromatic N) is 2. The minimum absolute atomic E-state index is 0.204. The topological polar surface area (TPSA) is 76.0 Å². The van der Waals surface area contributed by atoms with Gasteiger partial charge in [0.05, 0.1) is 11.3 Å². The molecule has 2 aromatic rings. The summed E-state index contributed by atoms with van der Waals surface area (Å²) in [4.78, 5) is 24.6. The van der Waals surface area contributed by atoms with Crippen LogP contribution >= 0.6 is 0 Å². The number of rotatable bonds is 5. The Morgan fingerprint density at radius 3 is 2.79 bits per heavy atom. The number of nitrogens with one attached hydrogen (secondary N) is 2. The molecular weight excluding hydrogens is 373 g/mol. The molecule has 1 atom stereocenters. The molecule has 1 saturated heterocycles. The Bertz CT molecular complexity index is 918. The second-order valence-corrected chi connectivity index (χ2v) is 6.83. The zero-order valence-corrected chi connectivity index (χ0v) is 15.3. The molecule has 9 heteroatoms. The molecular formula is C19H21F3N4O2. The van der Waals surface area contributed by atoms with E-state index in [-0.39, 0.29) is 11.4 Å². The van der Waals surface area contributed by atoms with Crippen molar-refractivity contribution in [1.82, 2.24) is 20.4 Å². The van der Waals surface area contributed by atoms with Gasteiger partial charge in [0.2, 0.25) is 5.43 Å². The number of alkyl halides is 3. The van der Waals surface area contributed by atoms with Gasteiger partial charge in [-0.3, -0.25) is 9.59 Å². The van der Waals surface area contributed by atoms with E-state index in [4.69, 9.17) is 0 Å². The molecule has 1 aromatic carbocycles. The Balaban J connectivity index is 1.87. The normalized spacial score (nSPS) is 16.9. The van der Waals surface area contributed by atoms with E-state index in [0.29, 0.717) is 12.5 Å². The van der Waals surface area contributed by atoms with Crippen LogP contribution in [0.4, 0.5) is 13.2 Å². The maximum Gasteiger partial charge on any atom is 0.418 e. The van der Waals surface area contributed by atoms with E-state index in [2.05, 4.69) is 15.7 Å². The summed E-state index contributed by atoms with van der Waals surface area (Å²) in [6.45, 7) is 3.68. The molecule has 2 N–H and O–H groups in total. The van der Waals surface area contributed by atoms with Gasteiger partial charge >= 0.3 is 6.18 Å². The fourth-order valence-electron chi connectivity index (χ4n) is 3.28. The molecule has 1 aliphatic heterocycles. The standard InChI is InChI=1S/C19H21F3N4O2/c1-12-10-16(27)17(18(28)24-9-7-13-6-8-23-11-13)25-26(12)15-5-3-2-4-14(15)19(20,21)22/h2-5,10,13,23H,6-9,11H2,1H3,(H,24,28). The van der Waals surface area contributed by atoms with Crippen LogP contribution in [0.3, 0.4) is 0 Å². The van der Waals surface area contributed by atoms with Crippen molar-refractivity contribution < 1.29 is 18.0 Å². The van der Waals surface area contributed by atoms with E-state index in [0.717, 1.165) is 42.7 Å². The van der Waals surface area contributed by atoms with E-state index >= 15 is 0 Å². The number of aromatic nitrogens is 2. The third-order valence-electron chi connectivity index (χ3n) is 4.76. The monoisotopic (exact) mass is 394 g/mol. The molecule has 28 heavy (non-hydrogen) atoms. The summed E-state index contributed by atoms with van der Waals surface area (Å²) in [6, 6.07) is 6.02. The Labute approximate surface area is 159 Å². The van der Waals surface area contributed by atoms with Crippen molar-refractivity contribution >= 4 is 5.91 Å². The van der Waals surface area contributed by atoms with Crippen molar-refractivity contribution in [2.24, 2.45) is 5.92 Å². The lowest BCUT2D eigenvalue weighted by molar-refractivity contribution is -0.137. The molecule has 1 fully saturated rings. The molecule has 1 unspecified atom stereocenters. The first-order chi connectivity index (χ1) is 13.3. The average Bonchev–Trinajstić information content (AvgIpc) is 3.14. The highest BCUT2D eigenvalue weighted by Crippen LogP contribution is 2.33. The first-order valence-electron chi connectivity index (χ1n) is 9.04. The van der Waals surface area contributed by atoms with Gasteiger partial charge in [-0.25, -0.2) is 4.68 Å². The second kappa shape index (κ2) is 8.14. The highest BCUT2D eigenvalue weighted by Gasteiger charge is 2.34. The van der Waals surface area contributed by atoms with E-state index in [1.807, 2.05) is 0 Å². The van der Waals surface area contributed by atoms with Crippen LogP contribution in [0.15, 0.2) is 35.1 Å². The summed E-state index contributed by atoms with van der Waals surface area (Å²) in [5, 5.41) is 9.82. The van der Waals surface area contributed by atoms with Gasteiger partial charge in [0.15, 0.2) is 5.69 Å². The smallest absolute Gasteiger partial charge is 0.351 e. The van der Waals surface area contributed by atoms with Crippen LogP contribution in [0.2, 0.25) is 0 Å². The summed E-state index contributed by atoms with van der Waals surface area (Å²) >= 11 is 0. The Kier molecular flexibility index (Phi) is 5.83. The number of carbonyl (C=O) groups excluding carboxylic acids is 1. The van der Waals surface area contributed by atoms with Crippen LogP contribution in [0.5, 0.6) is 0 Å². The predicted molar refractivity (Wildman–Crippen MR) is 97.5 cm³/mol. The molecule has 2 heterocycles. The molecule has 150 valence electrons. The maximum absolute atomic E-state index is 13.3. The van der Waals surface area contributed by atoms with Gasteiger partial charge in [-0.2, -0.15) is 18.3 Å². The first-order valence-corrected chi connectivity index (χ1v) is 9.04. The number of halogens is 3. The highest BCUT2D eigenvalue weighted by molar-refractivity contribution is 5.92. The van der Waals surface area contributed by atoms with E-state index in [1.54, 1.807) is 0 Å². The minimum atomic E-state index is -4.59. The quantitative estimate of drug-likeness (QED) is 0.816. The Morgan fingerprint density at radius 1 is 1.36 bits per heavy atom. The van der Waals surface area contributed by atoms with Crippen LogP contribution in [0.1, 0.15) is 34.6 Å². The maximum atomic E-state index is 13.3. The number of para-hydroxylation sites is 1. The van der Waals surface area contributed by atoms with Crippen LogP contribution in [0.25, 0.3) is 5.69 Å². The van der Waals surface area contributed by atoms with Crippen LogP contribution in [-0.4, -0.2) is 35.3 Å². The number of amides is 1. The lowest BCUT2D eigenvalue weighted by atomic mass is 10.1. The van der Waals surface area contributed by atoms with Gasteiger partial charge in [-0.05, 0) is 50.9 Å². The molecule has 3 rings (SSSR count). The SMILES string of the molecule is Cc1cc(=O)c(C(=O)NCCC2CCNC2)nn1-c1ccccc1C(F)(F)F. The minimum Gasteiger partial charge on any atom is -0.351 e. The molecule has 0 spiro atoms. The van der Waals surface area contributed by atoms with E-state index in [9.17, 15) is 22.8 Å². The number of benzene rings is 1. The lowest BCUT2D eigenvalue weighted by Gasteiger charge is -2.16. The van der Waals surface area contributed by atoms with Crippen molar-refractivity contribution in [2.45, 2.75) is 25.9 Å². The van der Waals surface area contributed by atoms with Gasteiger partial charge in [-0.1, -0.05) is 12.1 Å². The van der Waals surface area contributed by atoms with Gasteiger partial charge in [0.25, 0.3) is 5.91 Å². The largest absolute Gasteiger partial charge is 0.418 e. The molecule has 1 aliphatic rings. The van der Waals surface area contributed by atoms with Gasteiger partial charge in [-0.15, -0.1) is 0 Å². The first kappa shape index (κ1) is 20.1. The van der Waals surface area contributed by atoms with Crippen molar-refractivity contribution in [1.29, 1.82) is 0 Å². The molecule has 0 aliphatic carbocycles. The van der Waals surface area contributed by atoms with Gasteiger partial charge in [0.1, 0.15) is 0 Å². The van der Waals surface area contributed by atoms with E-state index in [1.165, 1.54) is 25.1 Å². The highest BCUT2D eigenvalue weighted by atomic mass is 19.4. The predicted octanol–water partition coefficient (Wildman–Crippen LogP) is 2.29.